The molecule has 1 fully saturated rings. The van der Waals surface area contributed by atoms with Crippen molar-refractivity contribution in [3.05, 3.63) is 18.2 Å². The Morgan fingerprint density at radius 1 is 1.12 bits per heavy atom. The van der Waals surface area contributed by atoms with Crippen LogP contribution in [-0.4, -0.2) is 39.3 Å². The van der Waals surface area contributed by atoms with Gasteiger partial charge in [0.25, 0.3) is 0 Å². The number of hydrogen-bond donors (Lipinski definition) is 2. The molecule has 0 unspecified atom stereocenters. The zero-order valence-electron chi connectivity index (χ0n) is 9.33. The first kappa shape index (κ1) is 9.78. The molecule has 0 spiro atoms. The highest BCUT2D eigenvalue weighted by Gasteiger charge is 2.14. The average Bonchev–Trinajstić information content (AvgIpc) is 2.39. The minimum absolute atomic E-state index is 0.764. The van der Waals surface area contributed by atoms with Crippen LogP contribution < -0.4 is 20.3 Å². The molecule has 0 radical (unpaired) electrons. The highest BCUT2D eigenvalue weighted by Crippen LogP contribution is 2.31. The molecule has 0 bridgehead atoms. The highest BCUT2D eigenvalue weighted by atomic mass is 16.5. The monoisotopic (exact) mass is 219 g/mol. The fourth-order valence-corrected chi connectivity index (χ4v) is 2.25. The summed E-state index contributed by atoms with van der Waals surface area (Å²) in [5, 5.41) is 6.74. The Hall–Kier alpha value is -1.42. The fraction of sp³-hybridized carbons (Fsp3) is 0.500. The van der Waals surface area contributed by atoms with Gasteiger partial charge >= 0.3 is 0 Å². The predicted molar refractivity (Wildman–Crippen MR) is 65.5 cm³/mol. The molecule has 2 N–H and O–H groups in total. The largest absolute Gasteiger partial charge is 0.490 e. The number of fused-ring (bicyclic) bond motifs is 1. The molecule has 0 aromatic heterocycles. The minimum Gasteiger partial charge on any atom is -0.490 e. The first-order valence-electron chi connectivity index (χ1n) is 5.90. The predicted octanol–water partition coefficient (Wildman–Crippen LogP) is 0.900. The Kier molecular flexibility index (Phi) is 2.58. The second kappa shape index (κ2) is 4.22. The van der Waals surface area contributed by atoms with Gasteiger partial charge in [-0.1, -0.05) is 0 Å². The van der Waals surface area contributed by atoms with Gasteiger partial charge in [-0.05, 0) is 18.2 Å². The molecular formula is C12H17N3O. The van der Waals surface area contributed by atoms with Crippen molar-refractivity contribution in [3.8, 4) is 5.75 Å². The van der Waals surface area contributed by atoms with Crippen molar-refractivity contribution in [1.82, 2.24) is 5.32 Å². The zero-order valence-corrected chi connectivity index (χ0v) is 9.33. The topological polar surface area (TPSA) is 36.5 Å². The van der Waals surface area contributed by atoms with Crippen LogP contribution in [0.5, 0.6) is 5.75 Å². The summed E-state index contributed by atoms with van der Waals surface area (Å²) < 4.78 is 5.57. The van der Waals surface area contributed by atoms with Gasteiger partial charge in [0.2, 0.25) is 0 Å². The van der Waals surface area contributed by atoms with Crippen molar-refractivity contribution in [1.29, 1.82) is 0 Å². The molecule has 0 amide bonds. The van der Waals surface area contributed by atoms with Crippen LogP contribution in [0.1, 0.15) is 0 Å². The van der Waals surface area contributed by atoms with E-state index < -0.39 is 0 Å². The quantitative estimate of drug-likeness (QED) is 0.736. The summed E-state index contributed by atoms with van der Waals surface area (Å²) >= 11 is 0. The lowest BCUT2D eigenvalue weighted by atomic mass is 10.2. The van der Waals surface area contributed by atoms with Gasteiger partial charge in [0, 0.05) is 38.4 Å². The molecule has 3 rings (SSSR count). The molecule has 4 nitrogen and oxygen atoms in total. The van der Waals surface area contributed by atoms with Gasteiger partial charge in [-0.2, -0.15) is 0 Å². The number of rotatable bonds is 1. The standard InChI is InChI=1S/C12H17N3O/c1-2-12-11(14-5-8-16-12)9-10(1)15-6-3-13-4-7-15/h1-2,9,13-14H,3-8H2. The van der Waals surface area contributed by atoms with E-state index in [4.69, 9.17) is 4.74 Å². The molecule has 4 heteroatoms. The van der Waals surface area contributed by atoms with E-state index in [1.54, 1.807) is 0 Å². The van der Waals surface area contributed by atoms with Crippen molar-refractivity contribution in [2.75, 3.05) is 49.5 Å². The number of anilines is 2. The Bertz CT molecular complexity index is 375. The first-order chi connectivity index (χ1) is 7.93. The Morgan fingerprint density at radius 2 is 2.00 bits per heavy atom. The average molecular weight is 219 g/mol. The molecule has 0 aliphatic carbocycles. The van der Waals surface area contributed by atoms with E-state index in [2.05, 4.69) is 33.7 Å². The molecule has 1 saturated heterocycles. The van der Waals surface area contributed by atoms with Gasteiger partial charge in [0.1, 0.15) is 12.4 Å². The van der Waals surface area contributed by atoms with Gasteiger partial charge < -0.3 is 20.3 Å². The lowest BCUT2D eigenvalue weighted by Crippen LogP contribution is -2.43. The maximum atomic E-state index is 5.57. The van der Waals surface area contributed by atoms with Crippen molar-refractivity contribution in [2.45, 2.75) is 0 Å². The summed E-state index contributed by atoms with van der Waals surface area (Å²) in [6.07, 6.45) is 0. The molecule has 16 heavy (non-hydrogen) atoms. The number of piperazine rings is 1. The van der Waals surface area contributed by atoms with Crippen LogP contribution >= 0.6 is 0 Å². The van der Waals surface area contributed by atoms with Gasteiger partial charge in [-0.3, -0.25) is 0 Å². The van der Waals surface area contributed by atoms with E-state index in [0.29, 0.717) is 0 Å². The number of ether oxygens (including phenoxy) is 1. The van der Waals surface area contributed by atoms with Gasteiger partial charge in [-0.25, -0.2) is 0 Å². The maximum Gasteiger partial charge on any atom is 0.142 e. The minimum atomic E-state index is 0.764. The number of nitrogens with one attached hydrogen (secondary N) is 2. The first-order valence-corrected chi connectivity index (χ1v) is 5.90. The lowest BCUT2D eigenvalue weighted by Gasteiger charge is -2.30. The summed E-state index contributed by atoms with van der Waals surface area (Å²) in [6, 6.07) is 6.41. The van der Waals surface area contributed by atoms with Gasteiger partial charge in [0.15, 0.2) is 0 Å². The second-order valence-electron chi connectivity index (χ2n) is 4.19. The summed E-state index contributed by atoms with van der Waals surface area (Å²) in [6.45, 7) is 5.97. The number of benzene rings is 1. The van der Waals surface area contributed by atoms with Crippen LogP contribution in [0.25, 0.3) is 0 Å². The van der Waals surface area contributed by atoms with Crippen LogP contribution in [0.15, 0.2) is 18.2 Å². The highest BCUT2D eigenvalue weighted by molar-refractivity contribution is 5.66. The SMILES string of the molecule is c1cc2c(cc1N1CCNCC1)NCCO2. The summed E-state index contributed by atoms with van der Waals surface area (Å²) in [4.78, 5) is 2.41. The van der Waals surface area contributed by atoms with Crippen LogP contribution in [0.4, 0.5) is 11.4 Å². The van der Waals surface area contributed by atoms with Gasteiger partial charge in [-0.15, -0.1) is 0 Å². The van der Waals surface area contributed by atoms with Crippen molar-refractivity contribution in [2.24, 2.45) is 0 Å². The fourth-order valence-electron chi connectivity index (χ4n) is 2.25. The lowest BCUT2D eigenvalue weighted by molar-refractivity contribution is 0.323. The van der Waals surface area contributed by atoms with E-state index in [1.165, 1.54) is 5.69 Å². The molecule has 0 saturated carbocycles. The number of nitrogens with zero attached hydrogens (tertiary/aromatic N) is 1. The third-order valence-electron chi connectivity index (χ3n) is 3.12. The van der Waals surface area contributed by atoms with Crippen LogP contribution in [0.3, 0.4) is 0 Å². The Morgan fingerprint density at radius 3 is 2.88 bits per heavy atom. The number of hydrogen-bond acceptors (Lipinski definition) is 4. The zero-order chi connectivity index (χ0) is 10.8. The Balaban J connectivity index is 1.84. The van der Waals surface area contributed by atoms with Crippen molar-refractivity contribution < 1.29 is 4.74 Å². The van der Waals surface area contributed by atoms with Crippen LogP contribution in [0.2, 0.25) is 0 Å². The van der Waals surface area contributed by atoms with Crippen molar-refractivity contribution in [3.63, 3.8) is 0 Å². The third kappa shape index (κ3) is 1.80. The Labute approximate surface area is 95.6 Å². The third-order valence-corrected chi connectivity index (χ3v) is 3.12. The molecular weight excluding hydrogens is 202 g/mol. The van der Waals surface area contributed by atoms with E-state index in [-0.39, 0.29) is 0 Å². The smallest absolute Gasteiger partial charge is 0.142 e. The molecule has 2 aliphatic rings. The molecule has 0 atom stereocenters. The summed E-state index contributed by atoms with van der Waals surface area (Å²) in [5.74, 6) is 0.977. The normalized spacial score (nSPS) is 19.6. The molecule has 86 valence electrons. The van der Waals surface area contributed by atoms with E-state index >= 15 is 0 Å². The van der Waals surface area contributed by atoms with Crippen LogP contribution in [0, 0.1) is 0 Å². The van der Waals surface area contributed by atoms with Gasteiger partial charge in [0.05, 0.1) is 5.69 Å². The molecule has 2 heterocycles. The molecule has 2 aliphatic heterocycles. The second-order valence-corrected chi connectivity index (χ2v) is 4.19. The van der Waals surface area contributed by atoms with E-state index in [9.17, 15) is 0 Å². The maximum absolute atomic E-state index is 5.57. The summed E-state index contributed by atoms with van der Waals surface area (Å²) in [7, 11) is 0. The van der Waals surface area contributed by atoms with Crippen molar-refractivity contribution >= 4 is 11.4 Å². The molecule has 1 aromatic carbocycles. The summed E-state index contributed by atoms with van der Waals surface area (Å²) in [5.41, 5.74) is 2.42. The van der Waals surface area contributed by atoms with Crippen LogP contribution in [-0.2, 0) is 0 Å². The molecule has 1 aromatic rings. The van der Waals surface area contributed by atoms with E-state index in [1.807, 2.05) is 0 Å². The van der Waals surface area contributed by atoms with E-state index in [0.717, 1.165) is 50.8 Å².